The van der Waals surface area contributed by atoms with Crippen LogP contribution in [0.2, 0.25) is 0 Å². The molecule has 11 heteroatoms. The predicted octanol–water partition coefficient (Wildman–Crippen LogP) is 4.27. The Morgan fingerprint density at radius 3 is 2.66 bits per heavy atom. The fraction of sp³-hybridized carbons (Fsp3) is 0.286. The van der Waals surface area contributed by atoms with Gasteiger partial charge in [-0.2, -0.15) is 13.2 Å². The van der Waals surface area contributed by atoms with Gasteiger partial charge in [0.25, 0.3) is 5.56 Å². The minimum atomic E-state index is -4.93. The molecule has 168 valence electrons. The van der Waals surface area contributed by atoms with Gasteiger partial charge in [-0.15, -0.1) is 11.3 Å². The number of amides is 1. The number of halogens is 5. The molecule has 1 aliphatic heterocycles. The summed E-state index contributed by atoms with van der Waals surface area (Å²) < 4.78 is 67.8. The van der Waals surface area contributed by atoms with Gasteiger partial charge in [-0.3, -0.25) is 14.4 Å². The van der Waals surface area contributed by atoms with Gasteiger partial charge in [0, 0.05) is 29.2 Å². The molecule has 0 radical (unpaired) electrons. The lowest BCUT2D eigenvalue weighted by molar-refractivity contribution is -0.140. The smallest absolute Gasteiger partial charge is 0.338 e. The zero-order chi connectivity index (χ0) is 23.2. The molecule has 0 aliphatic carbocycles. The number of pyridine rings is 1. The molecule has 3 aromatic rings. The van der Waals surface area contributed by atoms with Crippen LogP contribution in [-0.2, 0) is 17.5 Å². The number of carbonyl (C=O) groups is 2. The number of hydrogen-bond acceptors (Lipinski definition) is 4. The quantitative estimate of drug-likeness (QED) is 0.423. The molecule has 2 aromatic heterocycles. The van der Waals surface area contributed by atoms with Gasteiger partial charge >= 0.3 is 6.18 Å². The van der Waals surface area contributed by atoms with Crippen LogP contribution in [0.15, 0.2) is 34.6 Å². The summed E-state index contributed by atoms with van der Waals surface area (Å²) in [5.41, 5.74) is -2.06. The lowest BCUT2D eigenvalue weighted by Gasteiger charge is -2.16. The fourth-order valence-corrected chi connectivity index (χ4v) is 4.77. The zero-order valence-corrected chi connectivity index (χ0v) is 17.1. The van der Waals surface area contributed by atoms with Crippen LogP contribution in [-0.4, -0.2) is 40.9 Å². The summed E-state index contributed by atoms with van der Waals surface area (Å²) in [6.07, 6.45) is -4.21. The number of hydrogen-bond donors (Lipinski definition) is 0. The van der Waals surface area contributed by atoms with Crippen molar-refractivity contribution in [2.45, 2.75) is 25.3 Å². The Morgan fingerprint density at radius 1 is 1.28 bits per heavy atom. The van der Waals surface area contributed by atoms with Crippen LogP contribution in [0.4, 0.5) is 22.0 Å². The normalized spacial score (nSPS) is 16.7. The van der Waals surface area contributed by atoms with Crippen LogP contribution in [0.25, 0.3) is 21.2 Å². The zero-order valence-electron chi connectivity index (χ0n) is 16.3. The molecule has 3 heterocycles. The van der Waals surface area contributed by atoms with Crippen molar-refractivity contribution in [2.24, 2.45) is 0 Å². The first-order chi connectivity index (χ1) is 15.1. The van der Waals surface area contributed by atoms with E-state index in [0.717, 1.165) is 22.0 Å². The fourth-order valence-electron chi connectivity index (χ4n) is 3.73. The molecule has 1 unspecified atom stereocenters. The van der Waals surface area contributed by atoms with E-state index in [2.05, 4.69) is 0 Å². The molecular weight excluding hydrogens is 455 g/mol. The Balaban J connectivity index is 1.83. The molecule has 0 N–H and O–H groups in total. The third-order valence-corrected chi connectivity index (χ3v) is 6.35. The maximum Gasteiger partial charge on any atom is 0.419 e. The highest BCUT2D eigenvalue weighted by Gasteiger charge is 2.34. The second kappa shape index (κ2) is 8.12. The van der Waals surface area contributed by atoms with Crippen molar-refractivity contribution in [3.8, 4) is 11.1 Å². The van der Waals surface area contributed by atoms with E-state index < -0.39 is 41.7 Å². The first-order valence-electron chi connectivity index (χ1n) is 9.49. The average Bonchev–Trinajstić information content (AvgIpc) is 3.36. The summed E-state index contributed by atoms with van der Waals surface area (Å²) in [4.78, 5) is 38.5. The summed E-state index contributed by atoms with van der Waals surface area (Å²) in [7, 11) is 0. The molecule has 1 saturated heterocycles. The number of aromatic nitrogens is 1. The summed E-state index contributed by atoms with van der Waals surface area (Å²) in [6, 6.07) is 2.37. The van der Waals surface area contributed by atoms with E-state index >= 15 is 0 Å². The van der Waals surface area contributed by atoms with Gasteiger partial charge in [0.1, 0.15) is 18.5 Å². The molecule has 1 aromatic carbocycles. The predicted molar refractivity (Wildman–Crippen MR) is 108 cm³/mol. The van der Waals surface area contributed by atoms with Crippen LogP contribution >= 0.6 is 11.3 Å². The molecular formula is C21H15F5N2O3S. The van der Waals surface area contributed by atoms with E-state index in [4.69, 9.17) is 0 Å². The van der Waals surface area contributed by atoms with E-state index in [1.165, 1.54) is 16.5 Å². The Hall–Kier alpha value is -3.08. The van der Waals surface area contributed by atoms with Crippen LogP contribution in [0, 0.1) is 5.82 Å². The van der Waals surface area contributed by atoms with Gasteiger partial charge in [-0.1, -0.05) is 6.07 Å². The van der Waals surface area contributed by atoms with Crippen LogP contribution in [0.5, 0.6) is 0 Å². The van der Waals surface area contributed by atoms with Crippen molar-refractivity contribution < 1.29 is 31.5 Å². The van der Waals surface area contributed by atoms with E-state index in [9.17, 15) is 36.3 Å². The Labute approximate surface area is 181 Å². The van der Waals surface area contributed by atoms with E-state index in [-0.39, 0.29) is 46.3 Å². The number of fused-ring (bicyclic) bond motifs is 1. The highest BCUT2D eigenvalue weighted by Crippen LogP contribution is 2.38. The van der Waals surface area contributed by atoms with E-state index in [1.807, 2.05) is 0 Å². The Morgan fingerprint density at radius 2 is 2.03 bits per heavy atom. The first kappa shape index (κ1) is 22.1. The average molecular weight is 470 g/mol. The Kier molecular flexibility index (Phi) is 5.61. The van der Waals surface area contributed by atoms with Gasteiger partial charge in [0.05, 0.1) is 22.2 Å². The minimum absolute atomic E-state index is 0.0445. The molecule has 1 fully saturated rings. The maximum atomic E-state index is 13.7. The summed E-state index contributed by atoms with van der Waals surface area (Å²) in [6.45, 7) is -0.332. The lowest BCUT2D eigenvalue weighted by Crippen LogP contribution is -2.35. The van der Waals surface area contributed by atoms with E-state index in [1.54, 1.807) is 0 Å². The number of aldehydes is 1. The van der Waals surface area contributed by atoms with Crippen molar-refractivity contribution in [2.75, 3.05) is 13.1 Å². The highest BCUT2D eigenvalue weighted by atomic mass is 32.1. The summed E-state index contributed by atoms with van der Waals surface area (Å²) >= 11 is 0.980. The molecule has 0 saturated carbocycles. The molecule has 1 atom stereocenters. The number of likely N-dealkylation sites (tertiary alicyclic amines) is 1. The van der Waals surface area contributed by atoms with Crippen LogP contribution in [0.1, 0.15) is 22.3 Å². The van der Waals surface area contributed by atoms with Gasteiger partial charge in [0.15, 0.2) is 6.29 Å². The molecule has 32 heavy (non-hydrogen) atoms. The highest BCUT2D eigenvalue weighted by molar-refractivity contribution is 7.18. The number of rotatable bonds is 4. The van der Waals surface area contributed by atoms with Crippen LogP contribution in [0.3, 0.4) is 0 Å². The van der Waals surface area contributed by atoms with Gasteiger partial charge in [-0.05, 0) is 24.1 Å². The molecule has 0 spiro atoms. The monoisotopic (exact) mass is 470 g/mol. The second-order valence-corrected chi connectivity index (χ2v) is 8.29. The molecule has 4 rings (SSSR count). The number of thiophene rings is 1. The topological polar surface area (TPSA) is 59.4 Å². The lowest BCUT2D eigenvalue weighted by atomic mass is 10.0. The van der Waals surface area contributed by atoms with Crippen molar-refractivity contribution in [3.05, 3.63) is 57.1 Å². The number of carbonyl (C=O) groups excluding carboxylic acids is 2. The maximum absolute atomic E-state index is 13.7. The standard InChI is InChI=1S/C21H15F5N2O3S/c22-13-3-4-27(7-13)17(30)8-28-6-12(9-29)19-18(20(28)31)14(10-32-19)11-1-2-16(23)15(5-11)21(24,25)26/h1-2,5-6,9-10,13H,3-4,7-8H2. The SMILES string of the molecule is O=Cc1cn(CC(=O)N2CCC(F)C2)c(=O)c2c(-c3ccc(F)c(C(F)(F)F)c3)csc12. The minimum Gasteiger partial charge on any atom is -0.338 e. The molecule has 5 nitrogen and oxygen atoms in total. The summed E-state index contributed by atoms with van der Waals surface area (Å²) in [5.74, 6) is -1.96. The second-order valence-electron chi connectivity index (χ2n) is 7.41. The molecule has 0 bridgehead atoms. The third kappa shape index (κ3) is 3.92. The van der Waals surface area contributed by atoms with Crippen molar-refractivity contribution >= 4 is 33.6 Å². The van der Waals surface area contributed by atoms with E-state index in [0.29, 0.717) is 18.4 Å². The number of benzene rings is 1. The molecule has 1 aliphatic rings. The largest absolute Gasteiger partial charge is 0.419 e. The van der Waals surface area contributed by atoms with Crippen LogP contribution < -0.4 is 5.56 Å². The first-order valence-corrected chi connectivity index (χ1v) is 10.4. The van der Waals surface area contributed by atoms with Gasteiger partial charge in [-0.25, -0.2) is 8.78 Å². The summed E-state index contributed by atoms with van der Waals surface area (Å²) in [5, 5.41) is 1.36. The van der Waals surface area contributed by atoms with Gasteiger partial charge < -0.3 is 9.47 Å². The number of alkyl halides is 4. The van der Waals surface area contributed by atoms with Crippen molar-refractivity contribution in [1.29, 1.82) is 0 Å². The van der Waals surface area contributed by atoms with Crippen molar-refractivity contribution in [1.82, 2.24) is 9.47 Å². The number of nitrogens with zero attached hydrogens (tertiary/aromatic N) is 2. The van der Waals surface area contributed by atoms with Crippen molar-refractivity contribution in [3.63, 3.8) is 0 Å². The molecule has 1 amide bonds. The Bertz CT molecular complexity index is 1280. The van der Waals surface area contributed by atoms with Gasteiger partial charge in [0.2, 0.25) is 5.91 Å². The third-order valence-electron chi connectivity index (χ3n) is 5.32.